The maximum Gasteiger partial charge on any atom is 0.191 e. The van der Waals surface area contributed by atoms with Gasteiger partial charge in [-0.3, -0.25) is 9.39 Å². The molecule has 2 rings (SSSR count). The van der Waals surface area contributed by atoms with Crippen LogP contribution in [0.3, 0.4) is 0 Å². The van der Waals surface area contributed by atoms with Crippen LogP contribution in [0.4, 0.5) is 0 Å². The van der Waals surface area contributed by atoms with Crippen molar-refractivity contribution in [1.29, 1.82) is 0 Å². The number of nitrogens with one attached hydrogen (secondary N) is 2. The Bertz CT molecular complexity index is 658. The Balaban J connectivity index is 0.00000338. The summed E-state index contributed by atoms with van der Waals surface area (Å²) in [7, 11) is 0. The summed E-state index contributed by atoms with van der Waals surface area (Å²) in [6.07, 6.45) is 3.85. The van der Waals surface area contributed by atoms with E-state index in [4.69, 9.17) is 4.74 Å². The minimum atomic E-state index is 0. The lowest BCUT2D eigenvalue weighted by atomic mass is 10.1. The number of fused-ring (bicyclic) bond motifs is 1. The fraction of sp³-hybridized carbons (Fsp3) is 0.611. The second-order valence-corrected chi connectivity index (χ2v) is 6.28. The number of guanidine groups is 1. The molecule has 0 bridgehead atoms. The van der Waals surface area contributed by atoms with E-state index in [0.717, 1.165) is 50.0 Å². The minimum Gasteiger partial charge on any atom is -0.380 e. The molecule has 7 nitrogen and oxygen atoms in total. The van der Waals surface area contributed by atoms with Gasteiger partial charge in [-0.2, -0.15) is 0 Å². The molecule has 2 aromatic heterocycles. The highest BCUT2D eigenvalue weighted by atomic mass is 127. The standard InChI is InChI=1S/C18H30N6O.HI/c1-4-19-18(21-11-14-25-13-9-15(2)3)20-10-8-17-23-22-16-7-5-6-12-24(16)17;/h5-7,12,15H,4,8-11,13-14H2,1-3H3,(H2,19,20,21);1H. The maximum absolute atomic E-state index is 5.60. The van der Waals surface area contributed by atoms with Crippen molar-refractivity contribution in [1.82, 2.24) is 25.2 Å². The first-order chi connectivity index (χ1) is 12.2. The van der Waals surface area contributed by atoms with Gasteiger partial charge in [0.2, 0.25) is 0 Å². The lowest BCUT2D eigenvalue weighted by Gasteiger charge is -2.11. The molecule has 0 aliphatic heterocycles. The molecular formula is C18H31IN6O. The molecule has 2 heterocycles. The fourth-order valence-electron chi connectivity index (χ4n) is 2.34. The maximum atomic E-state index is 5.60. The van der Waals surface area contributed by atoms with Crippen molar-refractivity contribution in [3.8, 4) is 0 Å². The van der Waals surface area contributed by atoms with Crippen LogP contribution in [0.2, 0.25) is 0 Å². The smallest absolute Gasteiger partial charge is 0.191 e. The summed E-state index contributed by atoms with van der Waals surface area (Å²) in [6, 6.07) is 5.90. The van der Waals surface area contributed by atoms with Crippen molar-refractivity contribution in [2.24, 2.45) is 10.9 Å². The molecule has 0 aliphatic carbocycles. The molecule has 0 spiro atoms. The molecule has 8 heteroatoms. The van der Waals surface area contributed by atoms with E-state index in [9.17, 15) is 0 Å². The zero-order chi connectivity index (χ0) is 17.9. The summed E-state index contributed by atoms with van der Waals surface area (Å²) in [6.45, 7) is 10.1. The quantitative estimate of drug-likeness (QED) is 0.240. The molecule has 0 aliphatic rings. The zero-order valence-corrected chi connectivity index (χ0v) is 18.3. The van der Waals surface area contributed by atoms with Gasteiger partial charge in [-0.1, -0.05) is 19.9 Å². The van der Waals surface area contributed by atoms with E-state index in [2.05, 4.69) is 46.6 Å². The summed E-state index contributed by atoms with van der Waals surface area (Å²) in [4.78, 5) is 4.54. The number of aliphatic imine (C=N–C) groups is 1. The van der Waals surface area contributed by atoms with Crippen LogP contribution in [0.25, 0.3) is 5.65 Å². The number of rotatable bonds is 10. The molecule has 0 aromatic carbocycles. The van der Waals surface area contributed by atoms with Gasteiger partial charge in [0.05, 0.1) is 13.2 Å². The Morgan fingerprint density at radius 2 is 2.08 bits per heavy atom. The Morgan fingerprint density at radius 3 is 2.85 bits per heavy atom. The van der Waals surface area contributed by atoms with E-state index in [-0.39, 0.29) is 24.0 Å². The lowest BCUT2D eigenvalue weighted by Crippen LogP contribution is -2.38. The molecule has 0 radical (unpaired) electrons. The second kappa shape index (κ2) is 12.9. The summed E-state index contributed by atoms with van der Waals surface area (Å²) < 4.78 is 7.61. The topological polar surface area (TPSA) is 75.8 Å². The van der Waals surface area contributed by atoms with Crippen molar-refractivity contribution in [2.45, 2.75) is 33.6 Å². The molecule has 0 amide bonds. The van der Waals surface area contributed by atoms with Gasteiger partial charge in [0, 0.05) is 32.3 Å². The lowest BCUT2D eigenvalue weighted by molar-refractivity contribution is 0.130. The average Bonchev–Trinajstić information content (AvgIpc) is 3.01. The molecule has 0 unspecified atom stereocenters. The first-order valence-corrected chi connectivity index (χ1v) is 9.09. The number of ether oxygens (including phenoxy) is 1. The summed E-state index contributed by atoms with van der Waals surface area (Å²) in [5, 5.41) is 15.0. The summed E-state index contributed by atoms with van der Waals surface area (Å²) in [5.74, 6) is 2.43. The molecule has 2 N–H and O–H groups in total. The molecule has 26 heavy (non-hydrogen) atoms. The molecule has 2 aromatic rings. The highest BCUT2D eigenvalue weighted by molar-refractivity contribution is 14.0. The third-order valence-corrected chi connectivity index (χ3v) is 3.71. The third kappa shape index (κ3) is 7.86. The van der Waals surface area contributed by atoms with E-state index in [0.29, 0.717) is 19.1 Å². The van der Waals surface area contributed by atoms with Gasteiger partial charge in [0.1, 0.15) is 5.82 Å². The Kier molecular flexibility index (Phi) is 11.2. The van der Waals surface area contributed by atoms with Crippen LogP contribution in [-0.2, 0) is 11.2 Å². The normalized spacial score (nSPS) is 11.6. The van der Waals surface area contributed by atoms with Crippen LogP contribution < -0.4 is 10.6 Å². The van der Waals surface area contributed by atoms with Crippen LogP contribution >= 0.6 is 24.0 Å². The molecule has 146 valence electrons. The van der Waals surface area contributed by atoms with Gasteiger partial charge in [0.15, 0.2) is 11.6 Å². The van der Waals surface area contributed by atoms with Gasteiger partial charge in [-0.05, 0) is 31.4 Å². The monoisotopic (exact) mass is 474 g/mol. The van der Waals surface area contributed by atoms with E-state index in [1.165, 1.54) is 0 Å². The number of halogens is 1. The zero-order valence-electron chi connectivity index (χ0n) is 15.9. The van der Waals surface area contributed by atoms with E-state index in [1.807, 2.05) is 28.8 Å². The number of pyridine rings is 1. The highest BCUT2D eigenvalue weighted by Gasteiger charge is 2.04. The van der Waals surface area contributed by atoms with Crippen molar-refractivity contribution in [3.05, 3.63) is 30.2 Å². The van der Waals surface area contributed by atoms with Crippen LogP contribution in [-0.4, -0.2) is 53.4 Å². The fourth-order valence-corrected chi connectivity index (χ4v) is 2.34. The van der Waals surface area contributed by atoms with Gasteiger partial charge < -0.3 is 15.4 Å². The van der Waals surface area contributed by atoms with E-state index in [1.54, 1.807) is 0 Å². The number of hydrogen-bond donors (Lipinski definition) is 2. The predicted molar refractivity (Wildman–Crippen MR) is 116 cm³/mol. The molecule has 0 fully saturated rings. The third-order valence-electron chi connectivity index (χ3n) is 3.71. The van der Waals surface area contributed by atoms with Gasteiger partial charge >= 0.3 is 0 Å². The highest BCUT2D eigenvalue weighted by Crippen LogP contribution is 2.02. The molecule has 0 saturated carbocycles. The molecular weight excluding hydrogens is 443 g/mol. The Morgan fingerprint density at radius 1 is 1.23 bits per heavy atom. The van der Waals surface area contributed by atoms with Crippen molar-refractivity contribution >= 4 is 35.6 Å². The second-order valence-electron chi connectivity index (χ2n) is 6.28. The first-order valence-electron chi connectivity index (χ1n) is 9.09. The minimum absolute atomic E-state index is 0. The van der Waals surface area contributed by atoms with Crippen molar-refractivity contribution < 1.29 is 4.74 Å². The summed E-state index contributed by atoms with van der Waals surface area (Å²) in [5.41, 5.74) is 0.872. The van der Waals surface area contributed by atoms with Crippen LogP contribution in [0, 0.1) is 5.92 Å². The summed E-state index contributed by atoms with van der Waals surface area (Å²) >= 11 is 0. The largest absolute Gasteiger partial charge is 0.380 e. The van der Waals surface area contributed by atoms with Crippen LogP contribution in [0.5, 0.6) is 0 Å². The Hall–Kier alpha value is -1.42. The van der Waals surface area contributed by atoms with Crippen LogP contribution in [0.1, 0.15) is 33.0 Å². The number of aromatic nitrogens is 3. The first kappa shape index (κ1) is 22.6. The number of nitrogens with zero attached hydrogens (tertiary/aromatic N) is 4. The van der Waals surface area contributed by atoms with Gasteiger partial charge in [0.25, 0.3) is 0 Å². The van der Waals surface area contributed by atoms with Crippen molar-refractivity contribution in [2.75, 3.05) is 32.8 Å². The Labute approximate surface area is 173 Å². The van der Waals surface area contributed by atoms with Gasteiger partial charge in [-0.25, -0.2) is 0 Å². The number of hydrogen-bond acceptors (Lipinski definition) is 4. The van der Waals surface area contributed by atoms with Gasteiger partial charge in [-0.15, -0.1) is 34.2 Å². The SMILES string of the molecule is CCNC(=NCCOCCC(C)C)NCCc1nnc2ccccn12.I. The van der Waals surface area contributed by atoms with Crippen LogP contribution in [0.15, 0.2) is 29.4 Å². The predicted octanol–water partition coefficient (Wildman–Crippen LogP) is 2.51. The van der Waals surface area contributed by atoms with E-state index < -0.39 is 0 Å². The van der Waals surface area contributed by atoms with E-state index >= 15 is 0 Å². The molecule has 0 atom stereocenters. The average molecular weight is 474 g/mol. The van der Waals surface area contributed by atoms with Crippen molar-refractivity contribution in [3.63, 3.8) is 0 Å². The molecule has 0 saturated heterocycles.